The van der Waals surface area contributed by atoms with Gasteiger partial charge in [0.25, 0.3) is 0 Å². The molecule has 0 bridgehead atoms. The van der Waals surface area contributed by atoms with E-state index in [1.165, 1.54) is 73.3 Å². The van der Waals surface area contributed by atoms with Gasteiger partial charge >= 0.3 is 12.7 Å². The lowest BCUT2D eigenvalue weighted by Gasteiger charge is -2.11. The maximum absolute atomic E-state index is 12.2. The van der Waals surface area contributed by atoms with Crippen molar-refractivity contribution in [1.29, 1.82) is 0 Å². The molecule has 0 saturated heterocycles. The topological polar surface area (TPSA) is 200 Å². The van der Waals surface area contributed by atoms with E-state index in [9.17, 15) is 43.2 Å². The molecule has 2 aliphatic heterocycles. The fourth-order valence-electron chi connectivity index (χ4n) is 4.33. The maximum Gasteiger partial charge on any atom is 0.573 e. The highest BCUT2D eigenvalue weighted by molar-refractivity contribution is 7.90. The van der Waals surface area contributed by atoms with Gasteiger partial charge in [-0.25, -0.2) is 36.8 Å². The molecule has 4 aromatic rings. The molecule has 0 aliphatic carbocycles. The third kappa shape index (κ3) is 11.6. The Hall–Kier alpha value is -5.78. The van der Waals surface area contributed by atoms with Gasteiger partial charge in [-0.05, 0) is 35.4 Å². The largest absolute Gasteiger partial charge is 0.573 e. The molecule has 0 spiro atoms. The third-order valence-electron chi connectivity index (χ3n) is 6.60. The van der Waals surface area contributed by atoms with E-state index < -0.39 is 44.6 Å². The quantitative estimate of drug-likeness (QED) is 0.165. The van der Waals surface area contributed by atoms with Crippen molar-refractivity contribution in [2.75, 3.05) is 12.5 Å². The number of aromatic nitrogens is 4. The number of oxime groups is 2. The van der Waals surface area contributed by atoms with Crippen LogP contribution in [0.4, 0.5) is 26.3 Å². The van der Waals surface area contributed by atoms with Gasteiger partial charge in [0.15, 0.2) is 23.7 Å². The van der Waals surface area contributed by atoms with Crippen molar-refractivity contribution in [2.24, 2.45) is 10.3 Å². The highest BCUT2D eigenvalue weighted by Gasteiger charge is 2.33. The summed E-state index contributed by atoms with van der Waals surface area (Å²) in [4.78, 5) is 25.1. The Kier molecular flexibility index (Phi) is 11.4. The molecule has 24 heteroatoms. The zero-order valence-electron chi connectivity index (χ0n) is 27.3. The molecule has 0 amide bonds. The van der Waals surface area contributed by atoms with Crippen LogP contribution in [0, 0.1) is 0 Å². The van der Waals surface area contributed by atoms with Crippen molar-refractivity contribution < 1.29 is 71.8 Å². The van der Waals surface area contributed by atoms with Crippen LogP contribution < -0.4 is 18.9 Å². The number of hydrogen-bond donors (Lipinski definition) is 0. The molecule has 0 N–H and O–H groups in total. The molecule has 2 aromatic carbocycles. The van der Waals surface area contributed by atoms with Crippen LogP contribution in [0.1, 0.15) is 36.2 Å². The van der Waals surface area contributed by atoms with E-state index in [2.05, 4.69) is 39.7 Å². The summed E-state index contributed by atoms with van der Waals surface area (Å²) in [5.41, 5.74) is 1.16. The Morgan fingerprint density at radius 3 is 1.15 bits per heavy atom. The van der Waals surface area contributed by atoms with E-state index in [1.54, 1.807) is 0 Å². The number of nitrogens with zero attached hydrogens (tertiary/aromatic N) is 6. The number of hydrogen-bond acceptors (Lipinski definition) is 16. The number of halogens is 6. The summed E-state index contributed by atoms with van der Waals surface area (Å²) in [7, 11) is -7.04. The van der Waals surface area contributed by atoms with Crippen molar-refractivity contribution in [3.8, 4) is 23.0 Å². The summed E-state index contributed by atoms with van der Waals surface area (Å²) in [5.74, 6) is 0.0193. The number of rotatable bonds is 8. The molecular formula is C30H24F6N6O10S2. The lowest BCUT2D eigenvalue weighted by Crippen LogP contribution is -2.17. The van der Waals surface area contributed by atoms with E-state index in [4.69, 9.17) is 19.1 Å². The van der Waals surface area contributed by atoms with Gasteiger partial charge in [0.1, 0.15) is 11.5 Å². The minimum atomic E-state index is -4.76. The second kappa shape index (κ2) is 15.7. The van der Waals surface area contributed by atoms with Gasteiger partial charge in [0, 0.05) is 12.5 Å². The standard InChI is InChI=1S/2C15H12F3N3O5S/c2*1-27(22,23)14-19-7-11(8-20-14)24-13-6-12(26-21-13)9-2-4-10(5-3-9)25-15(16,17)18/h2*2-5,7-8,12H,6H2,1H3/t2*12-/m10/s1. The molecule has 0 unspecified atom stereocenters. The molecule has 16 nitrogen and oxygen atoms in total. The van der Waals surface area contributed by atoms with Gasteiger partial charge in [-0.15, -0.1) is 26.3 Å². The first-order chi connectivity index (χ1) is 25.2. The Morgan fingerprint density at radius 1 is 0.556 bits per heavy atom. The summed E-state index contributed by atoms with van der Waals surface area (Å²) >= 11 is 0. The first-order valence-electron chi connectivity index (χ1n) is 14.8. The van der Waals surface area contributed by atoms with Crippen LogP contribution in [0.5, 0.6) is 23.0 Å². The lowest BCUT2D eigenvalue weighted by atomic mass is 10.1. The smallest absolute Gasteiger partial charge is 0.436 e. The SMILES string of the molecule is CS(=O)(=O)c1ncc(OC2=NO[C@@H](c3ccc(OC(F)(F)F)cc3)C2)cn1.CS(=O)(=O)c1ncc(OC2=NO[C@H](c3ccc(OC(F)(F)F)cc3)C2)cn1. The van der Waals surface area contributed by atoms with E-state index in [0.29, 0.717) is 11.1 Å². The molecule has 0 fully saturated rings. The van der Waals surface area contributed by atoms with Crippen LogP contribution in [0.25, 0.3) is 0 Å². The van der Waals surface area contributed by atoms with E-state index in [1.807, 2.05) is 0 Å². The number of ether oxygens (including phenoxy) is 4. The molecule has 288 valence electrons. The Bertz CT molecular complexity index is 2050. The lowest BCUT2D eigenvalue weighted by molar-refractivity contribution is -0.275. The minimum absolute atomic E-state index is 0.166. The second-order valence-corrected chi connectivity index (χ2v) is 14.8. The maximum atomic E-state index is 12.2. The van der Waals surface area contributed by atoms with Crippen molar-refractivity contribution in [3.05, 3.63) is 84.4 Å². The summed E-state index contributed by atoms with van der Waals surface area (Å²) in [6, 6.07) is 10.4. The first-order valence-corrected chi connectivity index (χ1v) is 18.6. The number of sulfone groups is 2. The van der Waals surface area contributed by atoms with Gasteiger partial charge < -0.3 is 28.6 Å². The highest BCUT2D eigenvalue weighted by Crippen LogP contribution is 2.32. The zero-order chi connectivity index (χ0) is 39.3. The van der Waals surface area contributed by atoms with Gasteiger partial charge in [0.2, 0.25) is 41.8 Å². The van der Waals surface area contributed by atoms with Crippen LogP contribution >= 0.6 is 0 Å². The predicted molar refractivity (Wildman–Crippen MR) is 170 cm³/mol. The van der Waals surface area contributed by atoms with Crippen molar-refractivity contribution in [2.45, 2.75) is 48.1 Å². The molecule has 4 heterocycles. The van der Waals surface area contributed by atoms with E-state index in [-0.39, 0.29) is 57.9 Å². The van der Waals surface area contributed by atoms with Gasteiger partial charge in [-0.1, -0.05) is 34.6 Å². The molecular weight excluding hydrogens is 782 g/mol. The Balaban J connectivity index is 0.000000208. The second-order valence-electron chi connectivity index (χ2n) is 11.0. The summed E-state index contributed by atoms with van der Waals surface area (Å²) in [6.07, 6.45) is -3.49. The summed E-state index contributed by atoms with van der Waals surface area (Å²) in [6.45, 7) is 0. The molecule has 54 heavy (non-hydrogen) atoms. The predicted octanol–water partition coefficient (Wildman–Crippen LogP) is 5.27. The average Bonchev–Trinajstić information content (AvgIpc) is 3.74. The van der Waals surface area contributed by atoms with Crippen LogP contribution in [-0.4, -0.2) is 73.8 Å². The van der Waals surface area contributed by atoms with Crippen molar-refractivity contribution in [1.82, 2.24) is 19.9 Å². The molecule has 2 atom stereocenters. The fraction of sp³-hybridized carbons (Fsp3) is 0.267. The van der Waals surface area contributed by atoms with Crippen LogP contribution in [-0.2, 0) is 29.3 Å². The summed E-state index contributed by atoms with van der Waals surface area (Å²) in [5, 5.41) is 6.83. The average molecular weight is 807 g/mol. The van der Waals surface area contributed by atoms with Crippen LogP contribution in [0.15, 0.2) is 93.9 Å². The normalized spacial score (nSPS) is 17.2. The van der Waals surface area contributed by atoms with E-state index >= 15 is 0 Å². The van der Waals surface area contributed by atoms with Crippen molar-refractivity contribution in [3.63, 3.8) is 0 Å². The van der Waals surface area contributed by atoms with Crippen molar-refractivity contribution >= 4 is 31.5 Å². The van der Waals surface area contributed by atoms with Gasteiger partial charge in [-0.3, -0.25) is 0 Å². The summed E-state index contributed by atoms with van der Waals surface area (Å²) < 4.78 is 137. The van der Waals surface area contributed by atoms with Gasteiger partial charge in [-0.2, -0.15) is 0 Å². The van der Waals surface area contributed by atoms with E-state index in [0.717, 1.165) is 12.5 Å². The first kappa shape index (κ1) is 39.4. The Morgan fingerprint density at radius 2 is 0.870 bits per heavy atom. The van der Waals surface area contributed by atoms with Crippen LogP contribution in [0.2, 0.25) is 0 Å². The molecule has 0 radical (unpaired) electrons. The van der Waals surface area contributed by atoms with Crippen LogP contribution in [0.3, 0.4) is 0 Å². The minimum Gasteiger partial charge on any atom is -0.436 e. The number of alkyl halides is 6. The Labute approximate surface area is 301 Å². The zero-order valence-corrected chi connectivity index (χ0v) is 29.0. The van der Waals surface area contributed by atoms with Gasteiger partial charge in [0.05, 0.1) is 37.6 Å². The molecule has 2 aliphatic rings. The highest BCUT2D eigenvalue weighted by atomic mass is 32.2. The fourth-order valence-corrected chi connectivity index (χ4v) is 5.30. The monoisotopic (exact) mass is 806 g/mol. The molecule has 0 saturated carbocycles. The molecule has 2 aromatic heterocycles. The number of benzene rings is 2. The third-order valence-corrected chi connectivity index (χ3v) is 8.35. The molecule has 6 rings (SSSR count).